The number of hydrogen-bond donors (Lipinski definition) is 2. The molecule has 0 aromatic heterocycles. The summed E-state index contributed by atoms with van der Waals surface area (Å²) in [4.78, 5) is 11.8. The van der Waals surface area contributed by atoms with Gasteiger partial charge in [0.15, 0.2) is 0 Å². The van der Waals surface area contributed by atoms with Crippen LogP contribution in [0, 0.1) is 0 Å². The number of rotatable bonds is 4. The molecule has 0 aliphatic heterocycles. The van der Waals surface area contributed by atoms with Gasteiger partial charge in [0.1, 0.15) is 5.75 Å². The molecular weight excluding hydrogens is 292 g/mol. The van der Waals surface area contributed by atoms with E-state index >= 15 is 0 Å². The summed E-state index contributed by atoms with van der Waals surface area (Å²) >= 11 is 3.27. The molecule has 1 atom stereocenters. The number of nitrogen functional groups attached to an aromatic ring is 1. The molecule has 1 amide bonds. The molecule has 1 rings (SSSR count). The van der Waals surface area contributed by atoms with Crippen molar-refractivity contribution >= 4 is 38.3 Å². The van der Waals surface area contributed by atoms with Gasteiger partial charge in [-0.2, -0.15) is 0 Å². The van der Waals surface area contributed by atoms with Crippen LogP contribution < -0.4 is 11.1 Å². The van der Waals surface area contributed by atoms with Crippen molar-refractivity contribution in [3.8, 4) is 0 Å². The van der Waals surface area contributed by atoms with Gasteiger partial charge in [-0.05, 0) is 25.1 Å². The van der Waals surface area contributed by atoms with Crippen LogP contribution >= 0.6 is 15.9 Å². The lowest BCUT2D eigenvalue weighted by atomic mass is 10.3. The van der Waals surface area contributed by atoms with Gasteiger partial charge in [-0.3, -0.25) is 9.00 Å². The van der Waals surface area contributed by atoms with Crippen molar-refractivity contribution < 1.29 is 9.00 Å². The lowest BCUT2D eigenvalue weighted by Gasteiger charge is -2.06. The number of nitrogens with two attached hydrogens (primary N) is 1. The SMILES string of the molecule is CCNC(=O)CS(=O)c1cc(Br)ccc1N. The Labute approximate surface area is 105 Å². The highest BCUT2D eigenvalue weighted by Crippen LogP contribution is 2.21. The molecule has 4 nitrogen and oxygen atoms in total. The zero-order valence-corrected chi connectivity index (χ0v) is 11.2. The topological polar surface area (TPSA) is 72.2 Å². The van der Waals surface area contributed by atoms with Gasteiger partial charge in [-0.15, -0.1) is 0 Å². The molecule has 6 heteroatoms. The molecule has 0 bridgehead atoms. The van der Waals surface area contributed by atoms with E-state index in [1.807, 2.05) is 6.92 Å². The molecule has 16 heavy (non-hydrogen) atoms. The average Bonchev–Trinajstić information content (AvgIpc) is 2.21. The second kappa shape index (κ2) is 6.00. The summed E-state index contributed by atoms with van der Waals surface area (Å²) in [5.41, 5.74) is 6.13. The van der Waals surface area contributed by atoms with Crippen LogP contribution in [0.1, 0.15) is 6.92 Å². The fraction of sp³-hybridized carbons (Fsp3) is 0.300. The molecule has 0 aliphatic rings. The summed E-state index contributed by atoms with van der Waals surface area (Å²) in [5.74, 6) is -0.297. The van der Waals surface area contributed by atoms with Crippen LogP contribution in [0.3, 0.4) is 0 Å². The van der Waals surface area contributed by atoms with Gasteiger partial charge >= 0.3 is 0 Å². The first kappa shape index (κ1) is 13.2. The van der Waals surface area contributed by atoms with Crippen LogP contribution in [0.2, 0.25) is 0 Å². The minimum atomic E-state index is -1.40. The number of nitrogens with one attached hydrogen (secondary N) is 1. The lowest BCUT2D eigenvalue weighted by Crippen LogP contribution is -2.28. The Kier molecular flexibility index (Phi) is 4.95. The van der Waals surface area contributed by atoms with Gasteiger partial charge in [0.2, 0.25) is 5.91 Å². The zero-order chi connectivity index (χ0) is 12.1. The van der Waals surface area contributed by atoms with E-state index in [2.05, 4.69) is 21.2 Å². The fourth-order valence-electron chi connectivity index (χ4n) is 1.15. The summed E-state index contributed by atoms with van der Waals surface area (Å²) < 4.78 is 12.6. The van der Waals surface area contributed by atoms with Crippen LogP contribution in [0.5, 0.6) is 0 Å². The average molecular weight is 305 g/mol. The van der Waals surface area contributed by atoms with E-state index in [1.54, 1.807) is 18.2 Å². The van der Waals surface area contributed by atoms with Crippen LogP contribution in [0.15, 0.2) is 27.6 Å². The summed E-state index contributed by atoms with van der Waals surface area (Å²) in [6.07, 6.45) is 0. The van der Waals surface area contributed by atoms with E-state index in [9.17, 15) is 9.00 Å². The Balaban J connectivity index is 2.80. The fourth-order valence-corrected chi connectivity index (χ4v) is 2.75. The van der Waals surface area contributed by atoms with E-state index in [0.717, 1.165) is 4.47 Å². The Morgan fingerprint density at radius 2 is 2.25 bits per heavy atom. The van der Waals surface area contributed by atoms with Gasteiger partial charge in [-0.25, -0.2) is 0 Å². The van der Waals surface area contributed by atoms with Crippen molar-refractivity contribution in [1.29, 1.82) is 0 Å². The molecule has 88 valence electrons. The molecule has 1 unspecified atom stereocenters. The molecule has 0 saturated heterocycles. The summed E-state index contributed by atoms with van der Waals surface area (Å²) in [6, 6.07) is 5.10. The number of benzene rings is 1. The predicted molar refractivity (Wildman–Crippen MR) is 68.5 cm³/mol. The number of carbonyl (C=O) groups excluding carboxylic acids is 1. The molecule has 1 aromatic carbocycles. The molecule has 3 N–H and O–H groups in total. The van der Waals surface area contributed by atoms with Crippen molar-refractivity contribution in [2.24, 2.45) is 0 Å². The Hall–Kier alpha value is -0.880. The van der Waals surface area contributed by atoms with Crippen LogP contribution in [-0.2, 0) is 15.6 Å². The van der Waals surface area contributed by atoms with Gasteiger partial charge in [-0.1, -0.05) is 15.9 Å². The van der Waals surface area contributed by atoms with Crippen molar-refractivity contribution in [2.75, 3.05) is 18.0 Å². The standard InChI is InChI=1S/C10H13BrN2O2S/c1-2-13-10(14)6-16(15)9-5-7(11)3-4-8(9)12/h3-5H,2,6,12H2,1H3,(H,13,14). The van der Waals surface area contributed by atoms with Crippen LogP contribution in [-0.4, -0.2) is 22.4 Å². The molecule has 0 aliphatic carbocycles. The molecular formula is C10H13BrN2O2S. The number of anilines is 1. The number of carbonyl (C=O) groups is 1. The normalized spacial score (nSPS) is 12.1. The maximum Gasteiger partial charge on any atom is 0.232 e. The maximum absolute atomic E-state index is 11.9. The summed E-state index contributed by atoms with van der Waals surface area (Å²) in [6.45, 7) is 2.35. The minimum absolute atomic E-state index is 0.0610. The second-order valence-electron chi connectivity index (χ2n) is 3.13. The first-order chi connectivity index (χ1) is 7.54. The highest BCUT2D eigenvalue weighted by atomic mass is 79.9. The quantitative estimate of drug-likeness (QED) is 0.823. The van der Waals surface area contributed by atoms with Crippen molar-refractivity contribution in [3.05, 3.63) is 22.7 Å². The predicted octanol–water partition coefficient (Wildman–Crippen LogP) is 1.27. The third-order valence-electron chi connectivity index (χ3n) is 1.86. The minimum Gasteiger partial charge on any atom is -0.398 e. The Morgan fingerprint density at radius 1 is 1.56 bits per heavy atom. The largest absolute Gasteiger partial charge is 0.398 e. The highest BCUT2D eigenvalue weighted by Gasteiger charge is 2.12. The lowest BCUT2D eigenvalue weighted by molar-refractivity contribution is -0.118. The second-order valence-corrected chi connectivity index (χ2v) is 5.46. The van der Waals surface area contributed by atoms with Gasteiger partial charge < -0.3 is 11.1 Å². The first-order valence-corrected chi connectivity index (χ1v) is 6.86. The Bertz CT molecular complexity index is 423. The molecule has 0 saturated carbocycles. The molecule has 1 aromatic rings. The number of amides is 1. The number of halogens is 1. The highest BCUT2D eigenvalue weighted by molar-refractivity contribution is 9.10. The van der Waals surface area contributed by atoms with Crippen LogP contribution in [0.25, 0.3) is 0 Å². The molecule has 0 spiro atoms. The third kappa shape index (κ3) is 3.61. The zero-order valence-electron chi connectivity index (χ0n) is 8.83. The summed E-state index contributed by atoms with van der Waals surface area (Å²) in [7, 11) is -1.40. The molecule has 0 fully saturated rings. The third-order valence-corrected chi connectivity index (χ3v) is 3.72. The van der Waals surface area contributed by atoms with E-state index in [-0.39, 0.29) is 11.7 Å². The van der Waals surface area contributed by atoms with E-state index in [1.165, 1.54) is 0 Å². The van der Waals surface area contributed by atoms with Gasteiger partial charge in [0, 0.05) is 16.7 Å². The smallest absolute Gasteiger partial charge is 0.232 e. The van der Waals surface area contributed by atoms with E-state index in [4.69, 9.17) is 5.73 Å². The monoisotopic (exact) mass is 304 g/mol. The first-order valence-electron chi connectivity index (χ1n) is 4.74. The number of hydrogen-bond acceptors (Lipinski definition) is 3. The Morgan fingerprint density at radius 3 is 2.88 bits per heavy atom. The van der Waals surface area contributed by atoms with Crippen molar-refractivity contribution in [1.82, 2.24) is 5.32 Å². The van der Waals surface area contributed by atoms with Crippen LogP contribution in [0.4, 0.5) is 5.69 Å². The van der Waals surface area contributed by atoms with Gasteiger partial charge in [0.05, 0.1) is 15.7 Å². The van der Waals surface area contributed by atoms with E-state index in [0.29, 0.717) is 17.1 Å². The van der Waals surface area contributed by atoms with Gasteiger partial charge in [0.25, 0.3) is 0 Å². The van der Waals surface area contributed by atoms with Crippen molar-refractivity contribution in [3.63, 3.8) is 0 Å². The van der Waals surface area contributed by atoms with Crippen molar-refractivity contribution in [2.45, 2.75) is 11.8 Å². The maximum atomic E-state index is 11.9. The molecule has 0 heterocycles. The molecule has 0 radical (unpaired) electrons. The van der Waals surface area contributed by atoms with E-state index < -0.39 is 10.8 Å². The summed E-state index contributed by atoms with van der Waals surface area (Å²) in [5, 5.41) is 2.60.